The molecule has 0 aliphatic rings. The molecule has 0 saturated carbocycles. The number of hydrogen-bond donors (Lipinski definition) is 0. The summed E-state index contributed by atoms with van der Waals surface area (Å²) in [5, 5.41) is 9.29. The van der Waals surface area contributed by atoms with Gasteiger partial charge in [0.05, 0.1) is 27.3 Å². The molecule has 3 nitrogen and oxygen atoms in total. The van der Waals surface area contributed by atoms with E-state index < -0.39 is 0 Å². The molecule has 19 heavy (non-hydrogen) atoms. The molecule has 2 aromatic rings. The smallest absolute Gasteiger partial charge is 0.103 e. The molecule has 0 atom stereocenters. The first-order chi connectivity index (χ1) is 9.01. The topological polar surface area (TPSA) is 39.9 Å². The van der Waals surface area contributed by atoms with Crippen LogP contribution in [0.2, 0.25) is 0 Å². The van der Waals surface area contributed by atoms with Crippen LogP contribution < -0.4 is 4.90 Å². The van der Waals surface area contributed by atoms with Crippen molar-refractivity contribution in [1.29, 1.82) is 5.26 Å². The molecule has 2 rings (SSSR count). The normalized spacial score (nSPS) is 10.3. The van der Waals surface area contributed by atoms with Crippen molar-refractivity contribution in [3.63, 3.8) is 0 Å². The van der Waals surface area contributed by atoms with Gasteiger partial charge in [-0.25, -0.2) is 0 Å². The molecule has 2 aromatic heterocycles. The third-order valence-corrected chi connectivity index (χ3v) is 4.46. The van der Waals surface area contributed by atoms with Gasteiger partial charge in [-0.05, 0) is 48.0 Å². The van der Waals surface area contributed by atoms with E-state index in [9.17, 15) is 5.26 Å². The SMILES string of the molecule is Cc1cc(N(C)Cc2ccc(Br)s2)c(C#N)c(C)n1. The number of nitriles is 1. The summed E-state index contributed by atoms with van der Waals surface area (Å²) in [7, 11) is 2.00. The monoisotopic (exact) mass is 335 g/mol. The summed E-state index contributed by atoms with van der Waals surface area (Å²) >= 11 is 5.18. The molecule has 98 valence electrons. The van der Waals surface area contributed by atoms with E-state index >= 15 is 0 Å². The number of nitrogens with zero attached hydrogens (tertiary/aromatic N) is 3. The van der Waals surface area contributed by atoms with Crippen molar-refractivity contribution in [2.45, 2.75) is 20.4 Å². The summed E-state index contributed by atoms with van der Waals surface area (Å²) in [4.78, 5) is 7.70. The second-order valence-electron chi connectivity index (χ2n) is 4.42. The Labute approximate surface area is 125 Å². The molecule has 0 N–H and O–H groups in total. The zero-order valence-electron chi connectivity index (χ0n) is 11.1. The van der Waals surface area contributed by atoms with E-state index in [4.69, 9.17) is 0 Å². The largest absolute Gasteiger partial charge is 0.368 e. The van der Waals surface area contributed by atoms with Crippen LogP contribution in [0.5, 0.6) is 0 Å². The van der Waals surface area contributed by atoms with Gasteiger partial charge < -0.3 is 4.90 Å². The predicted molar refractivity (Wildman–Crippen MR) is 82.6 cm³/mol. The Morgan fingerprint density at radius 3 is 2.74 bits per heavy atom. The lowest BCUT2D eigenvalue weighted by atomic mass is 10.1. The van der Waals surface area contributed by atoms with Crippen LogP contribution >= 0.6 is 27.3 Å². The van der Waals surface area contributed by atoms with E-state index in [0.717, 1.165) is 27.4 Å². The Bertz CT molecular complexity index is 643. The number of hydrogen-bond acceptors (Lipinski definition) is 4. The maximum absolute atomic E-state index is 9.29. The molecule has 0 aliphatic carbocycles. The van der Waals surface area contributed by atoms with Crippen molar-refractivity contribution in [3.05, 3.63) is 43.8 Å². The van der Waals surface area contributed by atoms with Crippen LogP contribution in [0, 0.1) is 25.2 Å². The first kappa shape index (κ1) is 14.0. The minimum absolute atomic E-state index is 0.656. The van der Waals surface area contributed by atoms with Crippen LogP contribution in [-0.2, 0) is 6.54 Å². The molecule has 0 fully saturated rings. The predicted octanol–water partition coefficient (Wildman–Crippen LogP) is 4.03. The summed E-state index contributed by atoms with van der Waals surface area (Å²) < 4.78 is 1.12. The number of halogens is 1. The lowest BCUT2D eigenvalue weighted by molar-refractivity contribution is 0.926. The van der Waals surface area contributed by atoms with Crippen molar-refractivity contribution in [2.75, 3.05) is 11.9 Å². The molecule has 0 aliphatic heterocycles. The molecule has 0 bridgehead atoms. The highest BCUT2D eigenvalue weighted by molar-refractivity contribution is 9.11. The molecule has 0 spiro atoms. The van der Waals surface area contributed by atoms with Crippen LogP contribution in [0.4, 0.5) is 5.69 Å². The summed E-state index contributed by atoms with van der Waals surface area (Å²) in [6, 6.07) is 8.36. The highest BCUT2D eigenvalue weighted by Crippen LogP contribution is 2.27. The molecule has 0 aromatic carbocycles. The third-order valence-electron chi connectivity index (χ3n) is 2.85. The zero-order valence-corrected chi connectivity index (χ0v) is 13.5. The van der Waals surface area contributed by atoms with Crippen LogP contribution in [0.3, 0.4) is 0 Å². The maximum atomic E-state index is 9.29. The van der Waals surface area contributed by atoms with Crippen LogP contribution in [0.1, 0.15) is 21.8 Å². The van der Waals surface area contributed by atoms with Gasteiger partial charge in [0.15, 0.2) is 0 Å². The number of anilines is 1. The van der Waals surface area contributed by atoms with Crippen LogP contribution in [0.25, 0.3) is 0 Å². The van der Waals surface area contributed by atoms with Crippen molar-refractivity contribution < 1.29 is 0 Å². The van der Waals surface area contributed by atoms with Gasteiger partial charge in [-0.2, -0.15) is 5.26 Å². The lowest BCUT2D eigenvalue weighted by Gasteiger charge is -2.21. The number of aromatic nitrogens is 1. The lowest BCUT2D eigenvalue weighted by Crippen LogP contribution is -2.18. The Balaban J connectivity index is 2.33. The Hall–Kier alpha value is -1.38. The fourth-order valence-corrected chi connectivity index (χ4v) is 3.54. The summed E-state index contributed by atoms with van der Waals surface area (Å²) in [6.45, 7) is 4.62. The average Bonchev–Trinajstić information content (AvgIpc) is 2.73. The molecule has 0 unspecified atom stereocenters. The zero-order chi connectivity index (χ0) is 14.0. The third kappa shape index (κ3) is 3.14. The standard InChI is InChI=1S/C14H14BrN3S/c1-9-6-13(12(7-16)10(2)17-9)18(3)8-11-4-5-14(15)19-11/h4-6H,8H2,1-3H3. The first-order valence-electron chi connectivity index (χ1n) is 5.85. The second-order valence-corrected chi connectivity index (χ2v) is 6.96. The van der Waals surface area contributed by atoms with Gasteiger partial charge >= 0.3 is 0 Å². The second kappa shape index (κ2) is 5.72. The number of rotatable bonds is 3. The minimum atomic E-state index is 0.656. The molecular formula is C14H14BrN3S. The Morgan fingerprint density at radius 1 is 1.42 bits per heavy atom. The van der Waals surface area contributed by atoms with E-state index in [-0.39, 0.29) is 0 Å². The first-order valence-corrected chi connectivity index (χ1v) is 7.46. The van der Waals surface area contributed by atoms with E-state index in [1.165, 1.54) is 4.88 Å². The average molecular weight is 336 g/mol. The molecule has 0 amide bonds. The molecular weight excluding hydrogens is 322 g/mol. The fourth-order valence-electron chi connectivity index (χ4n) is 2.00. The van der Waals surface area contributed by atoms with Gasteiger partial charge in [-0.3, -0.25) is 4.98 Å². The van der Waals surface area contributed by atoms with Crippen molar-refractivity contribution in [3.8, 4) is 6.07 Å². The molecule has 5 heteroatoms. The van der Waals surface area contributed by atoms with Crippen molar-refractivity contribution in [1.82, 2.24) is 4.98 Å². The number of pyridine rings is 1. The highest BCUT2D eigenvalue weighted by atomic mass is 79.9. The van der Waals surface area contributed by atoms with Gasteiger partial charge in [0.25, 0.3) is 0 Å². The highest BCUT2D eigenvalue weighted by Gasteiger charge is 2.13. The fraction of sp³-hybridized carbons (Fsp3) is 0.286. The van der Waals surface area contributed by atoms with E-state index in [1.54, 1.807) is 11.3 Å². The molecule has 0 radical (unpaired) electrons. The van der Waals surface area contributed by atoms with E-state index in [0.29, 0.717) is 5.56 Å². The Morgan fingerprint density at radius 2 is 2.16 bits per heavy atom. The van der Waals surface area contributed by atoms with Crippen LogP contribution in [0.15, 0.2) is 22.0 Å². The van der Waals surface area contributed by atoms with Gasteiger partial charge in [-0.15, -0.1) is 11.3 Å². The van der Waals surface area contributed by atoms with Gasteiger partial charge in [0, 0.05) is 17.6 Å². The van der Waals surface area contributed by atoms with Crippen molar-refractivity contribution >= 4 is 33.0 Å². The van der Waals surface area contributed by atoms with Crippen LogP contribution in [-0.4, -0.2) is 12.0 Å². The minimum Gasteiger partial charge on any atom is -0.368 e. The van der Waals surface area contributed by atoms with Gasteiger partial charge in [-0.1, -0.05) is 0 Å². The number of aryl methyl sites for hydroxylation is 2. The molecule has 0 saturated heterocycles. The van der Waals surface area contributed by atoms with Gasteiger partial charge in [0.1, 0.15) is 6.07 Å². The summed E-state index contributed by atoms with van der Waals surface area (Å²) in [6.07, 6.45) is 0. The van der Waals surface area contributed by atoms with E-state index in [2.05, 4.69) is 37.9 Å². The molecule has 2 heterocycles. The van der Waals surface area contributed by atoms with E-state index in [1.807, 2.05) is 33.0 Å². The Kier molecular flexibility index (Phi) is 4.23. The maximum Gasteiger partial charge on any atom is 0.103 e. The summed E-state index contributed by atoms with van der Waals surface area (Å²) in [5.41, 5.74) is 3.32. The van der Waals surface area contributed by atoms with Crippen molar-refractivity contribution in [2.24, 2.45) is 0 Å². The quantitative estimate of drug-likeness (QED) is 0.850. The number of thiophene rings is 1. The summed E-state index contributed by atoms with van der Waals surface area (Å²) in [5.74, 6) is 0. The van der Waals surface area contributed by atoms with Gasteiger partial charge in [0.2, 0.25) is 0 Å².